The lowest BCUT2D eigenvalue weighted by atomic mass is 9.83. The molecule has 1 aromatic rings. The largest absolute Gasteiger partial charge is 0.324 e. The average Bonchev–Trinajstić information content (AvgIpc) is 2.44. The molecule has 3 fully saturated rings. The molecule has 5 nitrogen and oxygen atoms in total. The predicted molar refractivity (Wildman–Crippen MR) is 76.2 cm³/mol. The summed E-state index contributed by atoms with van der Waals surface area (Å²) in [5, 5.41) is 0. The summed E-state index contributed by atoms with van der Waals surface area (Å²) in [7, 11) is -3.61. The maximum atomic E-state index is 12.2. The highest BCUT2D eigenvalue weighted by molar-refractivity contribution is 7.85. The molecule has 3 aliphatic heterocycles. The summed E-state index contributed by atoms with van der Waals surface area (Å²) in [5.74, 6) is 0.284. The monoisotopic (exact) mass is 296 g/mol. The Hall–Kier alpha value is -0.950. The van der Waals surface area contributed by atoms with E-state index < -0.39 is 16.3 Å². The molecule has 0 aromatic heterocycles. The third kappa shape index (κ3) is 2.88. The van der Waals surface area contributed by atoms with Crippen molar-refractivity contribution in [3.8, 4) is 0 Å². The van der Waals surface area contributed by atoms with Crippen LogP contribution in [0, 0.1) is 5.92 Å². The van der Waals surface area contributed by atoms with E-state index >= 15 is 0 Å². The Labute approximate surface area is 119 Å². The minimum absolute atomic E-state index is 0.102. The zero-order valence-electron chi connectivity index (χ0n) is 11.3. The summed E-state index contributed by atoms with van der Waals surface area (Å²) < 4.78 is 29.8. The number of nitrogens with zero attached hydrogens (tertiary/aromatic N) is 1. The Morgan fingerprint density at radius 2 is 1.85 bits per heavy atom. The molecule has 3 heterocycles. The van der Waals surface area contributed by atoms with Crippen LogP contribution in [0.1, 0.15) is 18.4 Å². The zero-order valence-corrected chi connectivity index (χ0v) is 12.1. The molecule has 0 aliphatic carbocycles. The molecule has 0 radical (unpaired) electrons. The van der Waals surface area contributed by atoms with E-state index in [1.54, 1.807) is 12.1 Å². The fourth-order valence-corrected chi connectivity index (χ4v) is 4.34. The number of rotatable bonds is 4. The smallest absolute Gasteiger partial charge is 0.273 e. The van der Waals surface area contributed by atoms with Crippen LogP contribution < -0.4 is 5.73 Å². The molecule has 6 heteroatoms. The number of hydrogen-bond donors (Lipinski definition) is 1. The maximum absolute atomic E-state index is 12.2. The van der Waals surface area contributed by atoms with Crippen molar-refractivity contribution >= 4 is 10.1 Å². The molecule has 2 atom stereocenters. The summed E-state index contributed by atoms with van der Waals surface area (Å²) in [6.07, 6.45) is 1.59. The van der Waals surface area contributed by atoms with E-state index in [1.807, 2.05) is 23.1 Å². The first-order chi connectivity index (χ1) is 9.55. The molecule has 0 saturated carbocycles. The first kappa shape index (κ1) is 14.0. The molecule has 3 saturated heterocycles. The van der Waals surface area contributed by atoms with E-state index in [-0.39, 0.29) is 11.8 Å². The summed E-state index contributed by atoms with van der Waals surface area (Å²) in [5.41, 5.74) is 6.87. The van der Waals surface area contributed by atoms with E-state index in [4.69, 9.17) is 9.92 Å². The van der Waals surface area contributed by atoms with Crippen molar-refractivity contribution in [3.05, 3.63) is 35.9 Å². The van der Waals surface area contributed by atoms with E-state index in [0.717, 1.165) is 31.5 Å². The summed E-state index contributed by atoms with van der Waals surface area (Å²) in [6, 6.07) is 8.87. The Morgan fingerprint density at radius 3 is 2.45 bits per heavy atom. The minimum Gasteiger partial charge on any atom is -0.324 e. The lowest BCUT2D eigenvalue weighted by Crippen LogP contribution is -2.62. The van der Waals surface area contributed by atoms with Crippen molar-refractivity contribution in [2.24, 2.45) is 11.7 Å². The standard InChI is InChI=1S/C14H20N2O3S/c15-13-12-6-8-16(9-7-12)14(13)19-20(17,18)10-11-4-2-1-3-5-11/h1-5,12-14H,6-10,15H2. The van der Waals surface area contributed by atoms with E-state index in [2.05, 4.69) is 0 Å². The molecule has 2 unspecified atom stereocenters. The molecule has 4 rings (SSSR count). The molecule has 1 aromatic carbocycles. The van der Waals surface area contributed by atoms with Crippen LogP contribution in [0.3, 0.4) is 0 Å². The van der Waals surface area contributed by atoms with E-state index in [0.29, 0.717) is 5.92 Å². The van der Waals surface area contributed by atoms with Gasteiger partial charge >= 0.3 is 0 Å². The topological polar surface area (TPSA) is 72.6 Å². The summed E-state index contributed by atoms with van der Waals surface area (Å²) in [4.78, 5) is 2.05. The summed E-state index contributed by atoms with van der Waals surface area (Å²) >= 11 is 0. The molecule has 0 amide bonds. The van der Waals surface area contributed by atoms with Crippen molar-refractivity contribution in [1.82, 2.24) is 4.90 Å². The zero-order chi connectivity index (χ0) is 14.2. The fraction of sp³-hybridized carbons (Fsp3) is 0.571. The van der Waals surface area contributed by atoms with Crippen LogP contribution in [0.15, 0.2) is 30.3 Å². The Kier molecular flexibility index (Phi) is 3.81. The van der Waals surface area contributed by atoms with Gasteiger partial charge in [0.15, 0.2) is 0 Å². The van der Waals surface area contributed by atoms with Crippen LogP contribution >= 0.6 is 0 Å². The van der Waals surface area contributed by atoms with E-state index in [9.17, 15) is 8.42 Å². The number of hydrogen-bond acceptors (Lipinski definition) is 5. The maximum Gasteiger partial charge on any atom is 0.273 e. The first-order valence-electron chi connectivity index (χ1n) is 7.00. The summed E-state index contributed by atoms with van der Waals surface area (Å²) in [6.45, 7) is 1.76. The van der Waals surface area contributed by atoms with Crippen LogP contribution in [0.2, 0.25) is 0 Å². The second-order valence-corrected chi connectivity index (χ2v) is 7.22. The quantitative estimate of drug-likeness (QED) is 0.836. The SMILES string of the molecule is NC1C2CCN(CC2)C1OS(=O)(=O)Cc1ccccc1. The van der Waals surface area contributed by atoms with Gasteiger partial charge in [0.25, 0.3) is 10.1 Å². The number of fused-ring (bicyclic) bond motifs is 3. The highest BCUT2D eigenvalue weighted by atomic mass is 32.2. The van der Waals surface area contributed by atoms with E-state index in [1.165, 1.54) is 0 Å². The van der Waals surface area contributed by atoms with Crippen LogP contribution in [-0.4, -0.2) is 38.7 Å². The molecule has 2 N–H and O–H groups in total. The third-order valence-electron chi connectivity index (χ3n) is 4.24. The molecule has 2 bridgehead atoms. The van der Waals surface area contributed by atoms with Crippen LogP contribution in [0.4, 0.5) is 0 Å². The van der Waals surface area contributed by atoms with Gasteiger partial charge in [-0.3, -0.25) is 4.90 Å². The van der Waals surface area contributed by atoms with Gasteiger partial charge in [-0.25, -0.2) is 4.18 Å². The van der Waals surface area contributed by atoms with Gasteiger partial charge in [-0.05, 0) is 24.3 Å². The van der Waals surface area contributed by atoms with Gasteiger partial charge in [-0.1, -0.05) is 30.3 Å². The van der Waals surface area contributed by atoms with Crippen molar-refractivity contribution < 1.29 is 12.6 Å². The van der Waals surface area contributed by atoms with Gasteiger partial charge in [-0.2, -0.15) is 8.42 Å². The molecular weight excluding hydrogens is 276 g/mol. The van der Waals surface area contributed by atoms with Gasteiger partial charge in [0.05, 0.1) is 0 Å². The van der Waals surface area contributed by atoms with Crippen molar-refractivity contribution in [1.29, 1.82) is 0 Å². The highest BCUT2D eigenvalue weighted by Gasteiger charge is 2.43. The average molecular weight is 296 g/mol. The highest BCUT2D eigenvalue weighted by Crippen LogP contribution is 2.32. The predicted octanol–water partition coefficient (Wildman–Crippen LogP) is 0.912. The molecule has 20 heavy (non-hydrogen) atoms. The lowest BCUT2D eigenvalue weighted by molar-refractivity contribution is -0.0739. The van der Waals surface area contributed by atoms with Gasteiger partial charge < -0.3 is 5.73 Å². The Balaban J connectivity index is 1.70. The van der Waals surface area contributed by atoms with Gasteiger partial charge in [0.2, 0.25) is 0 Å². The van der Waals surface area contributed by atoms with Crippen molar-refractivity contribution in [2.45, 2.75) is 30.9 Å². The number of piperidine rings is 3. The van der Waals surface area contributed by atoms with Gasteiger partial charge in [0, 0.05) is 19.1 Å². The number of nitrogens with two attached hydrogens (primary N) is 1. The molecular formula is C14H20N2O3S. The Morgan fingerprint density at radius 1 is 1.20 bits per heavy atom. The minimum atomic E-state index is -3.61. The fourth-order valence-electron chi connectivity index (χ4n) is 3.12. The van der Waals surface area contributed by atoms with Crippen LogP contribution in [-0.2, 0) is 20.1 Å². The first-order valence-corrected chi connectivity index (χ1v) is 8.57. The molecule has 3 aliphatic rings. The Bertz CT molecular complexity index is 551. The second kappa shape index (κ2) is 5.44. The van der Waals surface area contributed by atoms with Gasteiger partial charge in [-0.15, -0.1) is 0 Å². The van der Waals surface area contributed by atoms with Crippen molar-refractivity contribution in [3.63, 3.8) is 0 Å². The third-order valence-corrected chi connectivity index (χ3v) is 5.42. The lowest BCUT2D eigenvalue weighted by Gasteiger charge is -2.48. The molecule has 0 spiro atoms. The number of benzene rings is 1. The second-order valence-electron chi connectivity index (χ2n) is 5.63. The van der Waals surface area contributed by atoms with Crippen LogP contribution in [0.5, 0.6) is 0 Å². The van der Waals surface area contributed by atoms with Gasteiger partial charge in [0.1, 0.15) is 12.0 Å². The van der Waals surface area contributed by atoms with Crippen LogP contribution in [0.25, 0.3) is 0 Å². The normalized spacial score (nSPS) is 33.2. The molecule has 110 valence electrons. The van der Waals surface area contributed by atoms with Crippen molar-refractivity contribution in [2.75, 3.05) is 13.1 Å².